The number of nitrogens with zero attached hydrogens (tertiary/aromatic N) is 3. The molecule has 8 nitrogen and oxygen atoms in total. The first-order valence-electron chi connectivity index (χ1n) is 8.25. The fraction of sp³-hybridized carbons (Fsp3) is 0.333. The second-order valence-electron chi connectivity index (χ2n) is 6.06. The molecular weight excluding hydrogens is 338 g/mol. The lowest BCUT2D eigenvalue weighted by Crippen LogP contribution is -2.39. The molecule has 0 atom stereocenters. The van der Waals surface area contributed by atoms with E-state index in [1.54, 1.807) is 4.90 Å². The van der Waals surface area contributed by atoms with Gasteiger partial charge in [-0.1, -0.05) is 30.3 Å². The van der Waals surface area contributed by atoms with Gasteiger partial charge in [0.1, 0.15) is 12.4 Å². The second kappa shape index (κ2) is 7.38. The molecule has 3 rings (SSSR count). The summed E-state index contributed by atoms with van der Waals surface area (Å²) in [5.74, 6) is -1.25. The lowest BCUT2D eigenvalue weighted by molar-refractivity contribution is -0.119. The molecule has 8 heteroatoms. The molecule has 0 saturated carbocycles. The SMILES string of the molecule is Cn1c(N2CCC(=O)CC2)nc(C(=O)O)c(OCc2ccccc2)c1=O. The predicted octanol–water partition coefficient (Wildman–Crippen LogP) is 1.23. The van der Waals surface area contributed by atoms with Gasteiger partial charge in [0.25, 0.3) is 5.56 Å². The van der Waals surface area contributed by atoms with Gasteiger partial charge < -0.3 is 14.7 Å². The van der Waals surface area contributed by atoms with Gasteiger partial charge in [-0.15, -0.1) is 0 Å². The van der Waals surface area contributed by atoms with Gasteiger partial charge in [0.05, 0.1) is 0 Å². The van der Waals surface area contributed by atoms with Crippen molar-refractivity contribution >= 4 is 17.7 Å². The Kier molecular flexibility index (Phi) is 5.01. The molecule has 26 heavy (non-hydrogen) atoms. The van der Waals surface area contributed by atoms with E-state index in [2.05, 4.69) is 4.98 Å². The van der Waals surface area contributed by atoms with E-state index in [9.17, 15) is 19.5 Å². The molecule has 1 fully saturated rings. The Hall–Kier alpha value is -3.16. The summed E-state index contributed by atoms with van der Waals surface area (Å²) in [5.41, 5.74) is -0.180. The highest BCUT2D eigenvalue weighted by Crippen LogP contribution is 2.20. The number of aromatic carboxylic acids is 1. The molecule has 1 aliphatic heterocycles. The number of anilines is 1. The molecule has 0 bridgehead atoms. The highest BCUT2D eigenvalue weighted by Gasteiger charge is 2.26. The van der Waals surface area contributed by atoms with Crippen molar-refractivity contribution in [3.8, 4) is 5.75 Å². The lowest BCUT2D eigenvalue weighted by Gasteiger charge is -2.28. The quantitative estimate of drug-likeness (QED) is 0.858. The second-order valence-corrected chi connectivity index (χ2v) is 6.06. The summed E-state index contributed by atoms with van der Waals surface area (Å²) in [6.45, 7) is 0.875. The molecule has 2 heterocycles. The van der Waals surface area contributed by atoms with Gasteiger partial charge in [-0.3, -0.25) is 14.2 Å². The minimum Gasteiger partial charge on any atom is -0.481 e. The molecule has 0 unspecified atom stereocenters. The van der Waals surface area contributed by atoms with Crippen LogP contribution in [0.5, 0.6) is 5.75 Å². The smallest absolute Gasteiger partial charge is 0.358 e. The lowest BCUT2D eigenvalue weighted by atomic mass is 10.1. The zero-order valence-electron chi connectivity index (χ0n) is 14.3. The van der Waals surface area contributed by atoms with Gasteiger partial charge in [-0.05, 0) is 5.56 Å². The number of ketones is 1. The van der Waals surface area contributed by atoms with Crippen LogP contribution < -0.4 is 15.2 Å². The minimum atomic E-state index is -1.33. The van der Waals surface area contributed by atoms with Gasteiger partial charge in [-0.2, -0.15) is 0 Å². The Morgan fingerprint density at radius 1 is 1.19 bits per heavy atom. The molecule has 136 valence electrons. The molecule has 1 aliphatic rings. The summed E-state index contributed by atoms with van der Waals surface area (Å²) in [4.78, 5) is 41.6. The number of benzene rings is 1. The summed E-state index contributed by atoms with van der Waals surface area (Å²) in [6.07, 6.45) is 0.703. The highest BCUT2D eigenvalue weighted by molar-refractivity contribution is 5.89. The molecule has 1 aromatic heterocycles. The number of aromatic nitrogens is 2. The van der Waals surface area contributed by atoms with Crippen LogP contribution in [-0.4, -0.2) is 39.5 Å². The first-order valence-corrected chi connectivity index (χ1v) is 8.25. The van der Waals surface area contributed by atoms with Crippen LogP contribution in [0, 0.1) is 0 Å². The highest BCUT2D eigenvalue weighted by atomic mass is 16.5. The van der Waals surface area contributed by atoms with Gasteiger partial charge in [0.2, 0.25) is 11.7 Å². The maximum absolute atomic E-state index is 12.7. The molecule has 1 aromatic carbocycles. The molecule has 0 radical (unpaired) electrons. The van der Waals surface area contributed by atoms with E-state index in [0.717, 1.165) is 5.56 Å². The van der Waals surface area contributed by atoms with E-state index in [0.29, 0.717) is 25.9 Å². The van der Waals surface area contributed by atoms with Crippen LogP contribution in [-0.2, 0) is 18.4 Å². The van der Waals surface area contributed by atoms with Crippen molar-refractivity contribution in [2.45, 2.75) is 19.4 Å². The Morgan fingerprint density at radius 3 is 2.46 bits per heavy atom. The average molecular weight is 357 g/mol. The first kappa shape index (κ1) is 17.7. The third-order valence-electron chi connectivity index (χ3n) is 4.26. The predicted molar refractivity (Wildman–Crippen MR) is 93.7 cm³/mol. The van der Waals surface area contributed by atoms with Crippen LogP contribution >= 0.6 is 0 Å². The zero-order valence-corrected chi connectivity index (χ0v) is 14.3. The van der Waals surface area contributed by atoms with Crippen molar-refractivity contribution in [3.05, 3.63) is 51.9 Å². The van der Waals surface area contributed by atoms with E-state index in [1.807, 2.05) is 30.3 Å². The summed E-state index contributed by atoms with van der Waals surface area (Å²) < 4.78 is 6.77. The Balaban J connectivity index is 1.94. The molecular formula is C18H19N3O5. The van der Waals surface area contributed by atoms with Gasteiger partial charge in [0.15, 0.2) is 5.69 Å². The number of carbonyl (C=O) groups excluding carboxylic acids is 1. The topological polar surface area (TPSA) is 102 Å². The zero-order chi connectivity index (χ0) is 18.7. The number of rotatable bonds is 5. The third-order valence-corrected chi connectivity index (χ3v) is 4.26. The largest absolute Gasteiger partial charge is 0.481 e. The van der Waals surface area contributed by atoms with Gasteiger partial charge in [-0.25, -0.2) is 9.78 Å². The molecule has 1 saturated heterocycles. The molecule has 0 spiro atoms. The fourth-order valence-corrected chi connectivity index (χ4v) is 2.81. The Bertz CT molecular complexity index is 882. The summed E-state index contributed by atoms with van der Waals surface area (Å²) in [7, 11) is 1.52. The number of hydrogen-bond donors (Lipinski definition) is 1. The standard InChI is InChI=1S/C18H19N3O5/c1-20-16(23)15(26-11-12-5-3-2-4-6-12)14(17(24)25)19-18(20)21-9-7-13(22)8-10-21/h2-6H,7-11H2,1H3,(H,24,25). The van der Waals surface area contributed by atoms with Crippen molar-refractivity contribution in [1.29, 1.82) is 0 Å². The van der Waals surface area contributed by atoms with Crippen molar-refractivity contribution in [2.75, 3.05) is 18.0 Å². The fourth-order valence-electron chi connectivity index (χ4n) is 2.81. The Morgan fingerprint density at radius 2 is 1.85 bits per heavy atom. The molecule has 0 amide bonds. The number of ether oxygens (including phenoxy) is 1. The van der Waals surface area contributed by atoms with Crippen molar-refractivity contribution in [2.24, 2.45) is 7.05 Å². The van der Waals surface area contributed by atoms with Gasteiger partial charge >= 0.3 is 5.97 Å². The van der Waals surface area contributed by atoms with Crippen molar-refractivity contribution in [1.82, 2.24) is 9.55 Å². The van der Waals surface area contributed by atoms with Gasteiger partial charge in [0, 0.05) is 33.0 Å². The third kappa shape index (κ3) is 3.58. The number of carboxylic acid groups (broad SMARTS) is 1. The number of Topliss-reactive ketones (excluding diaryl/α,β-unsaturated/α-hetero) is 1. The minimum absolute atomic E-state index is 0.0651. The maximum Gasteiger partial charge on any atom is 0.358 e. The first-order chi connectivity index (χ1) is 12.5. The van der Waals surface area contributed by atoms with Crippen molar-refractivity contribution in [3.63, 3.8) is 0 Å². The Labute approximate surface area is 149 Å². The van der Waals surface area contributed by atoms with Crippen LogP contribution in [0.15, 0.2) is 35.1 Å². The van der Waals surface area contributed by atoms with E-state index in [4.69, 9.17) is 4.74 Å². The molecule has 2 aromatic rings. The van der Waals surface area contributed by atoms with Crippen LogP contribution in [0.3, 0.4) is 0 Å². The van der Waals surface area contributed by atoms with Crippen LogP contribution in [0.1, 0.15) is 28.9 Å². The van der Waals surface area contributed by atoms with Crippen molar-refractivity contribution < 1.29 is 19.4 Å². The average Bonchev–Trinajstić information content (AvgIpc) is 2.64. The number of hydrogen-bond acceptors (Lipinski definition) is 6. The van der Waals surface area contributed by atoms with Crippen LogP contribution in [0.25, 0.3) is 0 Å². The number of piperidine rings is 1. The molecule has 1 N–H and O–H groups in total. The van der Waals surface area contributed by atoms with Crippen LogP contribution in [0.2, 0.25) is 0 Å². The monoisotopic (exact) mass is 357 g/mol. The molecule has 0 aliphatic carbocycles. The van der Waals surface area contributed by atoms with E-state index in [-0.39, 0.29) is 24.1 Å². The van der Waals surface area contributed by atoms with E-state index < -0.39 is 17.2 Å². The number of carbonyl (C=O) groups is 2. The number of carboxylic acids is 1. The maximum atomic E-state index is 12.7. The summed E-state index contributed by atoms with van der Waals surface area (Å²) in [6, 6.07) is 9.14. The normalized spacial score (nSPS) is 14.3. The summed E-state index contributed by atoms with van der Waals surface area (Å²) in [5, 5.41) is 9.48. The van der Waals surface area contributed by atoms with E-state index in [1.165, 1.54) is 11.6 Å². The van der Waals surface area contributed by atoms with Crippen LogP contribution in [0.4, 0.5) is 5.95 Å². The summed E-state index contributed by atoms with van der Waals surface area (Å²) >= 11 is 0. The van der Waals surface area contributed by atoms with E-state index >= 15 is 0 Å².